The van der Waals surface area contributed by atoms with Crippen molar-refractivity contribution in [2.24, 2.45) is 5.11 Å². The Balaban J connectivity index is 1.76. The zero-order valence-corrected chi connectivity index (χ0v) is 13.1. The number of ether oxygens (including phenoxy) is 1. The first-order chi connectivity index (χ1) is 11.2. The zero-order valence-electron chi connectivity index (χ0n) is 12.3. The maximum atomic E-state index is 14.4. The highest BCUT2D eigenvalue weighted by Crippen LogP contribution is 2.38. The van der Waals surface area contributed by atoms with Crippen LogP contribution in [-0.4, -0.2) is 31.0 Å². The number of thioether (sulfide) groups is 1. The number of allylic oxidation sites excluding steroid dienone is 1. The van der Waals surface area contributed by atoms with E-state index in [4.69, 9.17) is 10.3 Å². The minimum absolute atomic E-state index is 0.0738. The second-order valence-corrected chi connectivity index (χ2v) is 6.50. The van der Waals surface area contributed by atoms with Crippen LogP contribution in [-0.2, 0) is 4.74 Å². The molecule has 120 valence electrons. The highest BCUT2D eigenvalue weighted by molar-refractivity contribution is 7.99. The molecule has 1 saturated heterocycles. The summed E-state index contributed by atoms with van der Waals surface area (Å²) in [5.74, 6) is 0.562. The molecule has 0 bridgehead atoms. The molecule has 0 aromatic heterocycles. The molecular formula is C15H15FN4O2S. The van der Waals surface area contributed by atoms with Crippen molar-refractivity contribution in [2.75, 3.05) is 23.7 Å². The molecule has 1 amide bonds. The van der Waals surface area contributed by atoms with Crippen molar-refractivity contribution >= 4 is 23.5 Å². The zero-order chi connectivity index (χ0) is 16.2. The fraction of sp³-hybridized carbons (Fsp3) is 0.400. The molecule has 0 saturated carbocycles. The van der Waals surface area contributed by atoms with Crippen molar-refractivity contribution in [1.29, 1.82) is 0 Å². The number of carbonyl (C=O) groups excluding carboxylic acids is 1. The molecule has 1 unspecified atom stereocenters. The van der Waals surface area contributed by atoms with Gasteiger partial charge in [0.15, 0.2) is 0 Å². The first-order valence-corrected chi connectivity index (χ1v) is 8.29. The van der Waals surface area contributed by atoms with E-state index in [2.05, 4.69) is 22.2 Å². The summed E-state index contributed by atoms with van der Waals surface area (Å²) >= 11 is 1.70. The number of amides is 1. The lowest BCUT2D eigenvalue weighted by Gasteiger charge is -2.20. The Morgan fingerprint density at radius 1 is 1.48 bits per heavy atom. The second-order valence-electron chi connectivity index (χ2n) is 5.26. The first-order valence-electron chi connectivity index (χ1n) is 7.24. The summed E-state index contributed by atoms with van der Waals surface area (Å²) in [5.41, 5.74) is 9.42. The van der Waals surface area contributed by atoms with E-state index in [1.807, 2.05) is 0 Å². The minimum Gasteiger partial charge on any atom is -0.444 e. The van der Waals surface area contributed by atoms with E-state index in [-0.39, 0.29) is 24.2 Å². The first kappa shape index (κ1) is 15.7. The number of azide groups is 1. The molecule has 1 fully saturated rings. The van der Waals surface area contributed by atoms with E-state index in [1.165, 1.54) is 11.0 Å². The SMILES string of the molecule is [N-]=[N+]=NC[C@H]1CN(c2ccc(C3CC=CCS3)c(F)c2)C(=O)O1. The Labute approximate surface area is 136 Å². The summed E-state index contributed by atoms with van der Waals surface area (Å²) in [6.45, 7) is 0.321. The summed E-state index contributed by atoms with van der Waals surface area (Å²) in [5, 5.41) is 3.51. The van der Waals surface area contributed by atoms with Crippen LogP contribution in [0.15, 0.2) is 35.5 Å². The molecule has 3 rings (SSSR count). The number of halogens is 1. The van der Waals surface area contributed by atoms with Gasteiger partial charge in [-0.3, -0.25) is 4.90 Å². The van der Waals surface area contributed by atoms with Crippen LogP contribution < -0.4 is 4.90 Å². The fourth-order valence-corrected chi connectivity index (χ4v) is 3.74. The molecule has 2 aliphatic heterocycles. The molecule has 2 aliphatic rings. The molecule has 8 heteroatoms. The largest absolute Gasteiger partial charge is 0.444 e. The normalized spacial score (nSPS) is 23.5. The summed E-state index contributed by atoms with van der Waals surface area (Å²) in [7, 11) is 0. The maximum absolute atomic E-state index is 14.4. The van der Waals surface area contributed by atoms with Crippen LogP contribution in [0.1, 0.15) is 17.2 Å². The van der Waals surface area contributed by atoms with Crippen LogP contribution in [0.2, 0.25) is 0 Å². The van der Waals surface area contributed by atoms with Gasteiger partial charge >= 0.3 is 6.09 Å². The molecule has 1 aromatic carbocycles. The van der Waals surface area contributed by atoms with Crippen molar-refractivity contribution in [3.8, 4) is 0 Å². The van der Waals surface area contributed by atoms with Gasteiger partial charge in [-0.25, -0.2) is 9.18 Å². The van der Waals surface area contributed by atoms with Gasteiger partial charge in [-0.15, -0.1) is 11.8 Å². The Kier molecular flexibility index (Phi) is 4.73. The van der Waals surface area contributed by atoms with Crippen LogP contribution in [0.5, 0.6) is 0 Å². The topological polar surface area (TPSA) is 78.3 Å². The predicted octanol–water partition coefficient (Wildman–Crippen LogP) is 4.20. The van der Waals surface area contributed by atoms with E-state index in [9.17, 15) is 9.18 Å². The van der Waals surface area contributed by atoms with Crippen LogP contribution in [0, 0.1) is 5.82 Å². The molecule has 0 radical (unpaired) electrons. The second kappa shape index (κ2) is 6.93. The Morgan fingerprint density at radius 2 is 2.35 bits per heavy atom. The molecule has 0 N–H and O–H groups in total. The third-order valence-corrected chi connectivity index (χ3v) is 5.01. The quantitative estimate of drug-likeness (QED) is 0.358. The van der Waals surface area contributed by atoms with Crippen LogP contribution in [0.25, 0.3) is 10.4 Å². The van der Waals surface area contributed by atoms with Gasteiger partial charge in [0.05, 0.1) is 18.8 Å². The molecule has 0 spiro atoms. The lowest BCUT2D eigenvalue weighted by molar-refractivity contribution is 0.145. The van der Waals surface area contributed by atoms with Crippen molar-refractivity contribution in [2.45, 2.75) is 17.8 Å². The molecule has 0 aliphatic carbocycles. The highest BCUT2D eigenvalue weighted by atomic mass is 32.2. The van der Waals surface area contributed by atoms with E-state index >= 15 is 0 Å². The molecule has 2 atom stereocenters. The summed E-state index contributed by atoms with van der Waals surface area (Å²) in [4.78, 5) is 15.9. The highest BCUT2D eigenvalue weighted by Gasteiger charge is 2.32. The number of hydrogen-bond acceptors (Lipinski definition) is 4. The Bertz CT molecular complexity index is 690. The number of nitrogens with zero attached hydrogens (tertiary/aromatic N) is 4. The predicted molar refractivity (Wildman–Crippen MR) is 87.0 cm³/mol. The van der Waals surface area contributed by atoms with Crippen molar-refractivity contribution in [3.63, 3.8) is 0 Å². The van der Waals surface area contributed by atoms with Gasteiger partial charge in [0, 0.05) is 21.5 Å². The average Bonchev–Trinajstić information content (AvgIpc) is 2.94. The third-order valence-electron chi connectivity index (χ3n) is 3.78. The van der Waals surface area contributed by atoms with Gasteiger partial charge in [-0.1, -0.05) is 23.3 Å². The number of cyclic esters (lactones) is 1. The van der Waals surface area contributed by atoms with Crippen molar-refractivity contribution < 1.29 is 13.9 Å². The van der Waals surface area contributed by atoms with Crippen molar-refractivity contribution in [1.82, 2.24) is 0 Å². The van der Waals surface area contributed by atoms with Gasteiger partial charge < -0.3 is 4.74 Å². The lowest BCUT2D eigenvalue weighted by Crippen LogP contribution is -2.25. The third kappa shape index (κ3) is 3.43. The van der Waals surface area contributed by atoms with E-state index < -0.39 is 12.2 Å². The standard InChI is InChI=1S/C15H15FN4O2S/c16-13-7-10(4-5-12(13)14-3-1-2-6-23-14)20-9-11(8-18-19-17)22-15(20)21/h1-2,4-5,7,11,14H,3,6,8-9H2/t11-,14?/m0/s1. The summed E-state index contributed by atoms with van der Waals surface area (Å²) in [6.07, 6.45) is 3.90. The monoisotopic (exact) mass is 334 g/mol. The smallest absolute Gasteiger partial charge is 0.414 e. The van der Waals surface area contributed by atoms with E-state index in [1.54, 1.807) is 23.9 Å². The molecule has 23 heavy (non-hydrogen) atoms. The summed E-state index contributed by atoms with van der Waals surface area (Å²) in [6, 6.07) is 4.83. The maximum Gasteiger partial charge on any atom is 0.414 e. The Hall–Kier alpha value is -2.18. The average molecular weight is 334 g/mol. The lowest BCUT2D eigenvalue weighted by atomic mass is 10.1. The van der Waals surface area contributed by atoms with Crippen molar-refractivity contribution in [3.05, 3.63) is 52.2 Å². The van der Waals surface area contributed by atoms with Gasteiger partial charge in [0.1, 0.15) is 11.9 Å². The van der Waals surface area contributed by atoms with Crippen LogP contribution >= 0.6 is 11.8 Å². The van der Waals surface area contributed by atoms with Crippen LogP contribution in [0.4, 0.5) is 14.9 Å². The van der Waals surface area contributed by atoms with Gasteiger partial charge in [0.25, 0.3) is 0 Å². The number of anilines is 1. The number of benzene rings is 1. The number of hydrogen-bond donors (Lipinski definition) is 0. The van der Waals surface area contributed by atoms with Gasteiger partial charge in [0.2, 0.25) is 0 Å². The molecule has 6 nitrogen and oxygen atoms in total. The van der Waals surface area contributed by atoms with Crippen LogP contribution in [0.3, 0.4) is 0 Å². The summed E-state index contributed by atoms with van der Waals surface area (Å²) < 4.78 is 19.5. The molecular weight excluding hydrogens is 319 g/mol. The minimum atomic E-state index is -0.551. The molecule has 1 aromatic rings. The van der Waals surface area contributed by atoms with Gasteiger partial charge in [-0.2, -0.15) is 0 Å². The van der Waals surface area contributed by atoms with E-state index in [0.29, 0.717) is 11.3 Å². The van der Waals surface area contributed by atoms with Gasteiger partial charge in [-0.05, 0) is 24.1 Å². The fourth-order valence-electron chi connectivity index (χ4n) is 2.64. The number of rotatable bonds is 4. The number of carbonyl (C=O) groups is 1. The molecule has 2 heterocycles. The Morgan fingerprint density at radius 3 is 3.04 bits per heavy atom. The van der Waals surface area contributed by atoms with E-state index in [0.717, 1.165) is 12.2 Å².